The van der Waals surface area contributed by atoms with Gasteiger partial charge < -0.3 is 5.73 Å². The topological polar surface area (TPSA) is 88.0 Å². The third-order valence-electron chi connectivity index (χ3n) is 2.07. The van der Waals surface area contributed by atoms with Gasteiger partial charge in [-0.2, -0.15) is 0 Å². The molecule has 2 aromatic rings. The fraction of sp³-hybridized carbons (Fsp3) is 0.200. The van der Waals surface area contributed by atoms with Crippen LogP contribution in [0.3, 0.4) is 0 Å². The second kappa shape index (κ2) is 4.88. The van der Waals surface area contributed by atoms with Gasteiger partial charge in [0.1, 0.15) is 0 Å². The first-order chi connectivity index (χ1) is 8.19. The molecule has 0 unspecified atom stereocenters. The highest BCUT2D eigenvalue weighted by atomic mass is 32.1. The molecule has 0 aliphatic carbocycles. The summed E-state index contributed by atoms with van der Waals surface area (Å²) in [6, 6.07) is 6.06. The Morgan fingerprint density at radius 2 is 2.29 bits per heavy atom. The van der Waals surface area contributed by atoms with Gasteiger partial charge in [-0.1, -0.05) is 22.6 Å². The van der Waals surface area contributed by atoms with Crippen LogP contribution in [0, 0.1) is 6.92 Å². The Hall–Kier alpha value is -2.02. The average Bonchev–Trinajstić information content (AvgIpc) is 2.70. The van der Waals surface area contributed by atoms with E-state index in [9.17, 15) is 0 Å². The molecule has 1 heterocycles. The number of hydrogen-bond donors (Lipinski definition) is 2. The fourth-order valence-electron chi connectivity index (χ4n) is 1.23. The van der Waals surface area contributed by atoms with E-state index >= 15 is 0 Å². The molecule has 7 heteroatoms. The van der Waals surface area contributed by atoms with E-state index < -0.39 is 0 Å². The van der Waals surface area contributed by atoms with Crippen molar-refractivity contribution in [3.8, 4) is 0 Å². The van der Waals surface area contributed by atoms with E-state index in [2.05, 4.69) is 31.8 Å². The summed E-state index contributed by atoms with van der Waals surface area (Å²) in [5.41, 5.74) is 10.0. The van der Waals surface area contributed by atoms with Crippen LogP contribution >= 0.6 is 11.3 Å². The molecule has 0 fully saturated rings. The first-order valence-corrected chi connectivity index (χ1v) is 5.77. The van der Waals surface area contributed by atoms with Crippen molar-refractivity contribution in [1.29, 1.82) is 0 Å². The predicted octanol–water partition coefficient (Wildman–Crippen LogP) is 2.14. The van der Waals surface area contributed by atoms with Crippen molar-refractivity contribution < 1.29 is 0 Å². The normalized spacial score (nSPS) is 12.5. The summed E-state index contributed by atoms with van der Waals surface area (Å²) in [4.78, 5) is 8.00. The molecule has 0 aliphatic heterocycles. The maximum absolute atomic E-state index is 5.40. The lowest BCUT2D eigenvalue weighted by atomic mass is 10.2. The van der Waals surface area contributed by atoms with Crippen LogP contribution in [0.25, 0.3) is 10.2 Å². The quantitative estimate of drug-likeness (QED) is 0.369. The zero-order valence-corrected chi connectivity index (χ0v) is 10.3. The van der Waals surface area contributed by atoms with Crippen molar-refractivity contribution >= 4 is 32.6 Å². The monoisotopic (exact) mass is 248 g/mol. The number of benzene rings is 1. The zero-order valence-electron chi connectivity index (χ0n) is 9.51. The highest BCUT2D eigenvalue weighted by molar-refractivity contribution is 7.21. The molecule has 2 rings (SSSR count). The first kappa shape index (κ1) is 11.5. The number of aryl methyl sites for hydroxylation is 1. The maximum Gasteiger partial charge on any atom is 0.232 e. The van der Waals surface area contributed by atoms with E-state index in [0.717, 1.165) is 10.2 Å². The SMILES string of the molecule is CN=C(N)N/N=N/c1nc2ccc(C)cc2s1. The second-order valence-corrected chi connectivity index (χ2v) is 4.40. The van der Waals surface area contributed by atoms with E-state index in [1.807, 2.05) is 19.1 Å². The minimum absolute atomic E-state index is 0.214. The highest BCUT2D eigenvalue weighted by Crippen LogP contribution is 2.28. The Morgan fingerprint density at radius 1 is 1.47 bits per heavy atom. The standard InChI is InChI=1S/C10H12N6S/c1-6-3-4-7-8(5-6)17-10(13-7)15-16-14-9(11)12-2/h3-5H,1-2H3,(H3,11,12,13,14,15). The smallest absolute Gasteiger partial charge is 0.232 e. The number of thiazole rings is 1. The van der Waals surface area contributed by atoms with Gasteiger partial charge in [0.15, 0.2) is 0 Å². The number of aromatic nitrogens is 1. The van der Waals surface area contributed by atoms with Crippen molar-refractivity contribution in [3.05, 3.63) is 23.8 Å². The van der Waals surface area contributed by atoms with Crippen LogP contribution in [0.1, 0.15) is 5.56 Å². The van der Waals surface area contributed by atoms with Crippen LogP contribution in [0.2, 0.25) is 0 Å². The molecular weight excluding hydrogens is 236 g/mol. The van der Waals surface area contributed by atoms with Gasteiger partial charge >= 0.3 is 0 Å². The maximum atomic E-state index is 5.40. The minimum Gasteiger partial charge on any atom is -0.368 e. The molecule has 0 bridgehead atoms. The van der Waals surface area contributed by atoms with Crippen LogP contribution in [-0.4, -0.2) is 18.0 Å². The van der Waals surface area contributed by atoms with Gasteiger partial charge in [0.05, 0.1) is 10.2 Å². The van der Waals surface area contributed by atoms with Crippen molar-refractivity contribution in [2.24, 2.45) is 21.1 Å². The lowest BCUT2D eigenvalue weighted by Gasteiger charge is -1.92. The summed E-state index contributed by atoms with van der Waals surface area (Å²) in [7, 11) is 1.57. The van der Waals surface area contributed by atoms with E-state index in [4.69, 9.17) is 5.73 Å². The number of hydrogen-bond acceptors (Lipinski definition) is 5. The van der Waals surface area contributed by atoms with E-state index in [0.29, 0.717) is 5.13 Å². The fourth-order valence-corrected chi connectivity index (χ4v) is 2.12. The number of nitrogens with one attached hydrogen (secondary N) is 1. The molecule has 1 aromatic carbocycles. The van der Waals surface area contributed by atoms with Gasteiger partial charge in [-0.05, 0) is 24.6 Å². The van der Waals surface area contributed by atoms with E-state index in [1.165, 1.54) is 16.9 Å². The van der Waals surface area contributed by atoms with E-state index in [1.54, 1.807) is 7.05 Å². The largest absolute Gasteiger partial charge is 0.368 e. The molecule has 0 aliphatic rings. The van der Waals surface area contributed by atoms with Gasteiger partial charge in [0.25, 0.3) is 0 Å². The molecule has 0 atom stereocenters. The Kier molecular flexibility index (Phi) is 3.29. The second-order valence-electron chi connectivity index (χ2n) is 3.39. The molecule has 0 amide bonds. The van der Waals surface area contributed by atoms with Crippen LogP contribution in [0.4, 0.5) is 5.13 Å². The molecule has 6 nitrogen and oxygen atoms in total. The van der Waals surface area contributed by atoms with Crippen molar-refractivity contribution in [1.82, 2.24) is 10.4 Å². The van der Waals surface area contributed by atoms with E-state index in [-0.39, 0.29) is 5.96 Å². The van der Waals surface area contributed by atoms with Crippen LogP contribution in [0.5, 0.6) is 0 Å². The average molecular weight is 248 g/mol. The molecule has 0 spiro atoms. The first-order valence-electron chi connectivity index (χ1n) is 4.95. The molecule has 88 valence electrons. The summed E-state index contributed by atoms with van der Waals surface area (Å²) >= 11 is 1.48. The molecule has 17 heavy (non-hydrogen) atoms. The summed E-state index contributed by atoms with van der Waals surface area (Å²) in [6.45, 7) is 2.04. The molecule has 0 saturated carbocycles. The number of fused-ring (bicyclic) bond motifs is 1. The summed E-state index contributed by atoms with van der Waals surface area (Å²) < 4.78 is 1.09. The number of aliphatic imine (C=N–C) groups is 1. The minimum atomic E-state index is 0.214. The molecular formula is C10H12N6S. The number of nitrogens with zero attached hydrogens (tertiary/aromatic N) is 4. The van der Waals surface area contributed by atoms with Crippen molar-refractivity contribution in [2.75, 3.05) is 7.05 Å². The van der Waals surface area contributed by atoms with Crippen LogP contribution in [0.15, 0.2) is 33.5 Å². The summed E-state index contributed by atoms with van der Waals surface area (Å²) in [5.74, 6) is 0.214. The zero-order chi connectivity index (χ0) is 12.3. The summed E-state index contributed by atoms with van der Waals surface area (Å²) in [5, 5.41) is 8.20. The lowest BCUT2D eigenvalue weighted by Crippen LogP contribution is -2.26. The molecule has 0 saturated heterocycles. The van der Waals surface area contributed by atoms with Crippen LogP contribution < -0.4 is 11.2 Å². The van der Waals surface area contributed by atoms with Gasteiger partial charge in [-0.3, -0.25) is 4.99 Å². The number of rotatable bonds is 2. The molecule has 0 radical (unpaired) electrons. The van der Waals surface area contributed by atoms with Gasteiger partial charge in [-0.15, -0.1) is 5.11 Å². The third-order valence-corrected chi connectivity index (χ3v) is 2.98. The highest BCUT2D eigenvalue weighted by Gasteiger charge is 2.02. The summed E-state index contributed by atoms with van der Waals surface area (Å²) in [6.07, 6.45) is 0. The lowest BCUT2D eigenvalue weighted by molar-refractivity contribution is 0.900. The number of nitrogens with two attached hydrogens (primary N) is 1. The third kappa shape index (κ3) is 2.76. The van der Waals surface area contributed by atoms with Crippen molar-refractivity contribution in [3.63, 3.8) is 0 Å². The van der Waals surface area contributed by atoms with Crippen LogP contribution in [-0.2, 0) is 0 Å². The van der Waals surface area contributed by atoms with Crippen molar-refractivity contribution in [2.45, 2.75) is 6.92 Å². The van der Waals surface area contributed by atoms with Gasteiger partial charge in [0.2, 0.25) is 11.1 Å². The number of guanidine groups is 1. The Bertz CT molecular complexity index is 585. The Labute approximate surface area is 102 Å². The molecule has 1 aromatic heterocycles. The molecule has 3 N–H and O–H groups in total. The van der Waals surface area contributed by atoms with Gasteiger partial charge in [-0.25, -0.2) is 10.4 Å². The van der Waals surface area contributed by atoms with Gasteiger partial charge in [0, 0.05) is 7.05 Å². The Morgan fingerprint density at radius 3 is 3.06 bits per heavy atom. The predicted molar refractivity (Wildman–Crippen MR) is 69.6 cm³/mol. The Balaban J connectivity index is 2.19.